The molecule has 0 radical (unpaired) electrons. The van der Waals surface area contributed by atoms with Gasteiger partial charge in [0.1, 0.15) is 5.82 Å². The van der Waals surface area contributed by atoms with E-state index in [2.05, 4.69) is 6.92 Å². The van der Waals surface area contributed by atoms with E-state index in [1.54, 1.807) is 17.4 Å². The average molecular weight is 360 g/mol. The highest BCUT2D eigenvalue weighted by molar-refractivity contribution is 7.18. The Bertz CT molecular complexity index is 693. The van der Waals surface area contributed by atoms with Crippen LogP contribution in [0.25, 0.3) is 10.2 Å². The molecule has 0 unspecified atom stereocenters. The van der Waals surface area contributed by atoms with Crippen LogP contribution in [-0.2, 0) is 0 Å². The van der Waals surface area contributed by atoms with Gasteiger partial charge in [-0.1, -0.05) is 32.6 Å². The molecule has 0 N–H and O–H groups in total. The summed E-state index contributed by atoms with van der Waals surface area (Å²) in [4.78, 5) is 4.80. The SMILES string of the molecule is CCCC1CCC(C2CCC(c3nc4ccc(F)cc4s3)CC2)CC1. The Labute approximate surface area is 155 Å². The second-order valence-electron chi connectivity index (χ2n) is 8.35. The van der Waals surface area contributed by atoms with E-state index in [9.17, 15) is 4.39 Å². The first-order chi connectivity index (χ1) is 12.2. The van der Waals surface area contributed by atoms with Gasteiger partial charge in [-0.25, -0.2) is 9.37 Å². The van der Waals surface area contributed by atoms with Gasteiger partial charge in [-0.05, 0) is 74.5 Å². The molecule has 2 aliphatic rings. The summed E-state index contributed by atoms with van der Waals surface area (Å²) in [6.07, 6.45) is 14.0. The number of hydrogen-bond donors (Lipinski definition) is 0. The average Bonchev–Trinajstić information content (AvgIpc) is 3.06. The van der Waals surface area contributed by atoms with Gasteiger partial charge in [0.05, 0.1) is 15.2 Å². The van der Waals surface area contributed by atoms with E-state index < -0.39 is 0 Å². The van der Waals surface area contributed by atoms with Crippen LogP contribution in [0.4, 0.5) is 4.39 Å². The molecule has 0 bridgehead atoms. The Morgan fingerprint density at radius 1 is 1.00 bits per heavy atom. The lowest BCUT2D eigenvalue weighted by Crippen LogP contribution is -2.25. The molecule has 136 valence electrons. The van der Waals surface area contributed by atoms with Crippen molar-refractivity contribution in [1.29, 1.82) is 0 Å². The van der Waals surface area contributed by atoms with Gasteiger partial charge < -0.3 is 0 Å². The van der Waals surface area contributed by atoms with Crippen LogP contribution in [0.2, 0.25) is 0 Å². The summed E-state index contributed by atoms with van der Waals surface area (Å²) in [5.41, 5.74) is 0.970. The first kappa shape index (κ1) is 17.5. The number of aromatic nitrogens is 1. The number of thiazole rings is 1. The highest BCUT2D eigenvalue weighted by atomic mass is 32.1. The summed E-state index contributed by atoms with van der Waals surface area (Å²) in [6.45, 7) is 2.32. The molecule has 1 aromatic carbocycles. The van der Waals surface area contributed by atoms with Crippen molar-refractivity contribution in [1.82, 2.24) is 4.98 Å². The monoisotopic (exact) mass is 359 g/mol. The largest absolute Gasteiger partial charge is 0.241 e. The van der Waals surface area contributed by atoms with E-state index in [1.807, 2.05) is 6.07 Å². The number of benzene rings is 1. The van der Waals surface area contributed by atoms with E-state index in [4.69, 9.17) is 4.98 Å². The van der Waals surface area contributed by atoms with Crippen LogP contribution in [0.15, 0.2) is 18.2 Å². The van der Waals surface area contributed by atoms with E-state index in [1.165, 1.54) is 75.3 Å². The zero-order valence-corrected chi connectivity index (χ0v) is 16.2. The van der Waals surface area contributed by atoms with Crippen molar-refractivity contribution in [3.8, 4) is 0 Å². The molecular weight excluding hydrogens is 329 g/mol. The second-order valence-corrected chi connectivity index (χ2v) is 9.41. The fourth-order valence-corrected chi connectivity index (χ4v) is 6.45. The lowest BCUT2D eigenvalue weighted by molar-refractivity contribution is 0.156. The smallest absolute Gasteiger partial charge is 0.124 e. The molecule has 2 saturated carbocycles. The van der Waals surface area contributed by atoms with Crippen LogP contribution in [0, 0.1) is 23.6 Å². The van der Waals surface area contributed by atoms with Gasteiger partial charge in [0.25, 0.3) is 0 Å². The molecule has 2 aromatic rings. The third kappa shape index (κ3) is 3.92. The Morgan fingerprint density at radius 2 is 1.68 bits per heavy atom. The van der Waals surface area contributed by atoms with Gasteiger partial charge in [0.15, 0.2) is 0 Å². The molecule has 0 atom stereocenters. The lowest BCUT2D eigenvalue weighted by Gasteiger charge is -2.37. The summed E-state index contributed by atoms with van der Waals surface area (Å²) < 4.78 is 14.4. The first-order valence-corrected chi connectivity index (χ1v) is 11.1. The minimum Gasteiger partial charge on any atom is -0.241 e. The summed E-state index contributed by atoms with van der Waals surface area (Å²) >= 11 is 1.71. The maximum Gasteiger partial charge on any atom is 0.124 e. The number of hydrogen-bond acceptors (Lipinski definition) is 2. The maximum atomic E-state index is 13.4. The van der Waals surface area contributed by atoms with E-state index >= 15 is 0 Å². The Kier molecular flexibility index (Phi) is 5.40. The molecular formula is C22H30FNS. The third-order valence-electron chi connectivity index (χ3n) is 6.74. The Hall–Kier alpha value is -0.960. The van der Waals surface area contributed by atoms with Crippen LogP contribution in [0.3, 0.4) is 0 Å². The minimum atomic E-state index is -0.148. The summed E-state index contributed by atoms with van der Waals surface area (Å²) in [6, 6.07) is 4.99. The molecule has 2 aliphatic carbocycles. The lowest BCUT2D eigenvalue weighted by atomic mass is 9.69. The molecule has 0 aliphatic heterocycles. The molecule has 25 heavy (non-hydrogen) atoms. The van der Waals surface area contributed by atoms with Gasteiger partial charge >= 0.3 is 0 Å². The molecule has 0 amide bonds. The summed E-state index contributed by atoms with van der Waals surface area (Å²) in [5.74, 6) is 3.41. The summed E-state index contributed by atoms with van der Waals surface area (Å²) in [5, 5.41) is 1.24. The zero-order chi connectivity index (χ0) is 17.2. The molecule has 0 spiro atoms. The van der Waals surface area contributed by atoms with Gasteiger partial charge in [-0.3, -0.25) is 0 Å². The van der Waals surface area contributed by atoms with Crippen molar-refractivity contribution in [3.63, 3.8) is 0 Å². The van der Waals surface area contributed by atoms with Crippen molar-refractivity contribution in [3.05, 3.63) is 29.0 Å². The molecule has 0 saturated heterocycles. The van der Waals surface area contributed by atoms with Crippen LogP contribution in [0.1, 0.15) is 82.1 Å². The predicted octanol–water partition coefficient (Wildman–Crippen LogP) is 7.32. The van der Waals surface area contributed by atoms with E-state index in [-0.39, 0.29) is 5.82 Å². The number of rotatable bonds is 4. The van der Waals surface area contributed by atoms with Crippen molar-refractivity contribution < 1.29 is 4.39 Å². The van der Waals surface area contributed by atoms with Crippen molar-refractivity contribution in [2.75, 3.05) is 0 Å². The molecule has 1 aromatic heterocycles. The van der Waals surface area contributed by atoms with Gasteiger partial charge in [0, 0.05) is 5.92 Å². The number of halogens is 1. The predicted molar refractivity (Wildman–Crippen MR) is 105 cm³/mol. The highest BCUT2D eigenvalue weighted by Gasteiger charge is 2.31. The standard InChI is InChI=1S/C22H30FNS/c1-2-3-15-4-6-16(7-5-15)17-8-10-18(11-9-17)22-24-20-13-12-19(23)14-21(20)25-22/h12-18H,2-11H2,1H3. The molecule has 3 heteroatoms. The third-order valence-corrected chi connectivity index (χ3v) is 7.92. The zero-order valence-electron chi connectivity index (χ0n) is 15.3. The van der Waals surface area contributed by atoms with Gasteiger partial charge in [-0.2, -0.15) is 0 Å². The van der Waals surface area contributed by atoms with Crippen molar-refractivity contribution >= 4 is 21.6 Å². The fourth-order valence-electron chi connectivity index (χ4n) is 5.29. The number of fused-ring (bicyclic) bond motifs is 1. The van der Waals surface area contributed by atoms with Crippen LogP contribution >= 0.6 is 11.3 Å². The minimum absolute atomic E-state index is 0.148. The van der Waals surface area contributed by atoms with Crippen LogP contribution in [0.5, 0.6) is 0 Å². The molecule has 1 nitrogen and oxygen atoms in total. The topological polar surface area (TPSA) is 12.9 Å². The van der Waals surface area contributed by atoms with Gasteiger partial charge in [-0.15, -0.1) is 11.3 Å². The molecule has 4 rings (SSSR count). The van der Waals surface area contributed by atoms with Crippen LogP contribution < -0.4 is 0 Å². The fraction of sp³-hybridized carbons (Fsp3) is 0.682. The Morgan fingerprint density at radius 3 is 2.36 bits per heavy atom. The first-order valence-electron chi connectivity index (χ1n) is 10.3. The Balaban J connectivity index is 1.33. The van der Waals surface area contributed by atoms with Crippen molar-refractivity contribution in [2.45, 2.75) is 77.0 Å². The molecule has 2 fully saturated rings. The summed E-state index contributed by atoms with van der Waals surface area (Å²) in [7, 11) is 0. The number of nitrogens with zero attached hydrogens (tertiary/aromatic N) is 1. The van der Waals surface area contributed by atoms with E-state index in [0.717, 1.165) is 28.0 Å². The maximum absolute atomic E-state index is 13.4. The van der Waals surface area contributed by atoms with E-state index in [0.29, 0.717) is 5.92 Å². The normalized spacial score (nSPS) is 30.6. The highest BCUT2D eigenvalue weighted by Crippen LogP contribution is 2.45. The molecule has 1 heterocycles. The second kappa shape index (κ2) is 7.73. The van der Waals surface area contributed by atoms with Gasteiger partial charge in [0.2, 0.25) is 0 Å². The quantitative estimate of drug-likeness (QED) is 0.557. The van der Waals surface area contributed by atoms with Crippen LogP contribution in [-0.4, -0.2) is 4.98 Å². The van der Waals surface area contributed by atoms with Crippen molar-refractivity contribution in [2.24, 2.45) is 17.8 Å².